The quantitative estimate of drug-likeness (QED) is 0.0700. The molecule has 2 rings (SSSR count). The number of methoxy groups -OCH3 is 2. The molecule has 1 aromatic carbocycles. The first-order valence-corrected chi connectivity index (χ1v) is 13.1. The van der Waals surface area contributed by atoms with Crippen LogP contribution in [0.25, 0.3) is 11.3 Å². The molecule has 2 atom stereocenters. The zero-order chi connectivity index (χ0) is 29.7. The largest absolute Gasteiger partial charge is 0.469 e. The summed E-state index contributed by atoms with van der Waals surface area (Å²) < 4.78 is 15.2. The number of unbranched alkanes of at least 4 members (excludes halogenated alkanes) is 2. The molecule has 12 nitrogen and oxygen atoms in total. The zero-order valence-corrected chi connectivity index (χ0v) is 23.2. The fourth-order valence-electron chi connectivity index (χ4n) is 4.32. The highest BCUT2D eigenvalue weighted by molar-refractivity contribution is 5.94. The second-order valence-electron chi connectivity index (χ2n) is 9.07. The van der Waals surface area contributed by atoms with Crippen LogP contribution in [0.2, 0.25) is 0 Å². The average Bonchev–Trinajstić information content (AvgIpc) is 3.46. The highest BCUT2D eigenvalue weighted by Gasteiger charge is 2.30. The van der Waals surface area contributed by atoms with Crippen molar-refractivity contribution in [3.63, 3.8) is 0 Å². The summed E-state index contributed by atoms with van der Waals surface area (Å²) in [5.41, 5.74) is 1.09. The Balaban J connectivity index is 2.09. The van der Waals surface area contributed by atoms with Crippen LogP contribution in [0.4, 0.5) is 0 Å². The molecule has 0 aliphatic carbocycles. The molecule has 0 fully saturated rings. The fraction of sp³-hybridized carbons (Fsp3) is 0.464. The van der Waals surface area contributed by atoms with Gasteiger partial charge >= 0.3 is 11.9 Å². The van der Waals surface area contributed by atoms with Crippen LogP contribution in [0.1, 0.15) is 72.4 Å². The van der Waals surface area contributed by atoms with Crippen molar-refractivity contribution in [2.75, 3.05) is 20.9 Å². The summed E-state index contributed by atoms with van der Waals surface area (Å²) in [6, 6.07) is 7.00. The van der Waals surface area contributed by atoms with Crippen molar-refractivity contribution in [1.29, 1.82) is 0 Å². The summed E-state index contributed by atoms with van der Waals surface area (Å²) in [6.07, 6.45) is 3.58. The third-order valence-electron chi connectivity index (χ3n) is 6.48. The molecule has 3 N–H and O–H groups in total. The normalized spacial score (nSPS) is 12.1. The van der Waals surface area contributed by atoms with Crippen molar-refractivity contribution < 1.29 is 43.1 Å². The number of hydrogen-bond donors (Lipinski definition) is 3. The maximum absolute atomic E-state index is 12.9. The molecule has 1 aromatic heterocycles. The van der Waals surface area contributed by atoms with E-state index in [1.807, 2.05) is 6.92 Å². The topological polar surface area (TPSA) is 164 Å². The molecule has 218 valence electrons. The lowest BCUT2D eigenvalue weighted by Gasteiger charge is -2.29. The number of carbonyl (C=O) groups is 5. The molecule has 12 heteroatoms. The SMILES string of the molecule is CCCCCC(C(=O)NCNC(=O)c1ccc(-c2ccc(C(=O)OC)c(CC(=O)OC)c2)o1)[C@@H](CC)N(O)C=O. The molecule has 1 heterocycles. The molecular weight excluding hydrogens is 522 g/mol. The van der Waals surface area contributed by atoms with Gasteiger partial charge in [0.25, 0.3) is 5.91 Å². The molecule has 1 unspecified atom stereocenters. The molecule has 0 bridgehead atoms. The number of benzene rings is 1. The number of carbonyl (C=O) groups excluding carboxylic acids is 5. The van der Waals surface area contributed by atoms with Crippen LogP contribution in [-0.4, -0.2) is 67.4 Å². The Morgan fingerprint density at radius 3 is 2.42 bits per heavy atom. The van der Waals surface area contributed by atoms with Gasteiger partial charge in [0.05, 0.1) is 44.8 Å². The van der Waals surface area contributed by atoms with Gasteiger partial charge < -0.3 is 24.5 Å². The predicted octanol–water partition coefficient (Wildman–Crippen LogP) is 3.07. The minimum atomic E-state index is -0.688. The molecular formula is C28H37N3O9. The number of amides is 3. The maximum Gasteiger partial charge on any atom is 0.338 e. The number of hydroxylamine groups is 2. The first kappa shape index (κ1) is 32.0. The molecule has 2 aromatic rings. The average molecular weight is 560 g/mol. The van der Waals surface area contributed by atoms with Crippen molar-refractivity contribution in [3.05, 3.63) is 47.2 Å². The van der Waals surface area contributed by atoms with Crippen LogP contribution in [0.3, 0.4) is 0 Å². The van der Waals surface area contributed by atoms with E-state index in [1.54, 1.807) is 25.1 Å². The van der Waals surface area contributed by atoms with E-state index in [0.717, 1.165) is 19.3 Å². The molecule has 3 amide bonds. The fourth-order valence-corrected chi connectivity index (χ4v) is 4.32. The highest BCUT2D eigenvalue weighted by Crippen LogP contribution is 2.26. The van der Waals surface area contributed by atoms with Crippen molar-refractivity contribution in [3.8, 4) is 11.3 Å². The van der Waals surface area contributed by atoms with Gasteiger partial charge in [0.15, 0.2) is 5.76 Å². The van der Waals surface area contributed by atoms with Gasteiger partial charge in [-0.1, -0.05) is 39.2 Å². The van der Waals surface area contributed by atoms with Crippen LogP contribution < -0.4 is 10.6 Å². The Labute approximate surface area is 232 Å². The Morgan fingerprint density at radius 1 is 1.05 bits per heavy atom. The first-order chi connectivity index (χ1) is 19.2. The van der Waals surface area contributed by atoms with E-state index in [1.165, 1.54) is 26.4 Å². The van der Waals surface area contributed by atoms with Gasteiger partial charge in [-0.2, -0.15) is 0 Å². The minimum Gasteiger partial charge on any atom is -0.469 e. The number of hydrogen-bond acceptors (Lipinski definition) is 9. The van der Waals surface area contributed by atoms with E-state index < -0.39 is 35.7 Å². The Kier molecular flexibility index (Phi) is 12.8. The lowest BCUT2D eigenvalue weighted by Crippen LogP contribution is -2.47. The second-order valence-corrected chi connectivity index (χ2v) is 9.07. The Hall–Kier alpha value is -4.19. The van der Waals surface area contributed by atoms with Crippen molar-refractivity contribution >= 4 is 30.2 Å². The minimum absolute atomic E-state index is 0.0239. The lowest BCUT2D eigenvalue weighted by molar-refractivity contribution is -0.168. The van der Waals surface area contributed by atoms with E-state index in [9.17, 15) is 29.2 Å². The molecule has 0 spiro atoms. The van der Waals surface area contributed by atoms with Crippen LogP contribution in [0.15, 0.2) is 34.7 Å². The molecule has 40 heavy (non-hydrogen) atoms. The predicted molar refractivity (Wildman–Crippen MR) is 143 cm³/mol. The van der Waals surface area contributed by atoms with Gasteiger partial charge in [-0.25, -0.2) is 9.86 Å². The van der Waals surface area contributed by atoms with Gasteiger partial charge in [-0.05, 0) is 42.7 Å². The third-order valence-corrected chi connectivity index (χ3v) is 6.48. The summed E-state index contributed by atoms with van der Waals surface area (Å²) in [7, 11) is 2.48. The number of nitrogens with zero attached hydrogens (tertiary/aromatic N) is 1. The molecule has 0 saturated carbocycles. The summed E-state index contributed by atoms with van der Waals surface area (Å²) in [6.45, 7) is 3.61. The molecule has 0 aliphatic heterocycles. The zero-order valence-electron chi connectivity index (χ0n) is 23.2. The van der Waals surface area contributed by atoms with Crippen molar-refractivity contribution in [2.45, 2.75) is 58.4 Å². The number of furan rings is 1. The summed E-state index contributed by atoms with van der Waals surface area (Å²) in [5.74, 6) is -2.49. The van der Waals surface area contributed by atoms with Gasteiger partial charge in [-0.3, -0.25) is 24.4 Å². The number of rotatable bonds is 16. The first-order valence-electron chi connectivity index (χ1n) is 13.1. The molecule has 0 saturated heterocycles. The van der Waals surface area contributed by atoms with E-state index >= 15 is 0 Å². The Morgan fingerprint density at radius 2 is 1.80 bits per heavy atom. The van der Waals surface area contributed by atoms with Crippen LogP contribution >= 0.6 is 0 Å². The number of nitrogens with one attached hydrogen (secondary N) is 2. The van der Waals surface area contributed by atoms with E-state index in [0.29, 0.717) is 34.8 Å². The third kappa shape index (κ3) is 8.67. The van der Waals surface area contributed by atoms with Gasteiger partial charge in [0.2, 0.25) is 12.3 Å². The van der Waals surface area contributed by atoms with E-state index in [4.69, 9.17) is 13.9 Å². The highest BCUT2D eigenvalue weighted by atomic mass is 16.5. The van der Waals surface area contributed by atoms with E-state index in [-0.39, 0.29) is 30.8 Å². The summed E-state index contributed by atoms with van der Waals surface area (Å²) in [4.78, 5) is 60.6. The van der Waals surface area contributed by atoms with Gasteiger partial charge in [-0.15, -0.1) is 0 Å². The van der Waals surface area contributed by atoms with Crippen LogP contribution in [0.5, 0.6) is 0 Å². The van der Waals surface area contributed by atoms with Crippen LogP contribution in [0, 0.1) is 5.92 Å². The Bertz CT molecular complexity index is 1180. The number of esters is 2. The monoisotopic (exact) mass is 559 g/mol. The molecule has 0 aliphatic rings. The van der Waals surface area contributed by atoms with Crippen molar-refractivity contribution in [1.82, 2.24) is 15.7 Å². The summed E-state index contributed by atoms with van der Waals surface area (Å²) >= 11 is 0. The van der Waals surface area contributed by atoms with Crippen molar-refractivity contribution in [2.24, 2.45) is 5.92 Å². The standard InChI is InChI=1S/C28H37N3O9/c1-5-7-8-9-21(22(6-2)31(37)17-32)26(34)29-16-30-27(35)24-13-12-23(40-24)18-10-11-20(28(36)39-4)19(14-18)15-25(33)38-3/h10-14,17,21-22,37H,5-9,15-16H2,1-4H3,(H,29,34)(H,30,35)/t21?,22-/m1/s1. The van der Waals surface area contributed by atoms with Gasteiger partial charge in [0.1, 0.15) is 5.76 Å². The van der Waals surface area contributed by atoms with Crippen LogP contribution in [-0.2, 0) is 30.3 Å². The lowest BCUT2D eigenvalue weighted by atomic mass is 9.90. The second kappa shape index (κ2) is 16.0. The van der Waals surface area contributed by atoms with E-state index in [2.05, 4.69) is 10.6 Å². The molecule has 0 radical (unpaired) electrons. The maximum atomic E-state index is 12.9. The number of ether oxygens (including phenoxy) is 2. The van der Waals surface area contributed by atoms with Gasteiger partial charge in [0, 0.05) is 5.56 Å². The smallest absolute Gasteiger partial charge is 0.338 e. The summed E-state index contributed by atoms with van der Waals surface area (Å²) in [5, 5.41) is 15.7.